The van der Waals surface area contributed by atoms with Crippen LogP contribution in [0.15, 0.2) is 22.7 Å². The lowest BCUT2D eigenvalue weighted by Gasteiger charge is -2.37. The van der Waals surface area contributed by atoms with Gasteiger partial charge in [0.05, 0.1) is 0 Å². The molecule has 3 nitrogen and oxygen atoms in total. The van der Waals surface area contributed by atoms with Gasteiger partial charge in [-0.2, -0.15) is 0 Å². The molecule has 1 heterocycles. The second kappa shape index (κ2) is 5.90. The Morgan fingerprint density at radius 2 is 1.81 bits per heavy atom. The molecular formula is C17H24BrN3. The monoisotopic (exact) mass is 349 g/mol. The number of piperazine rings is 1. The lowest BCUT2D eigenvalue weighted by Crippen LogP contribution is -2.47. The van der Waals surface area contributed by atoms with Crippen molar-refractivity contribution in [1.82, 2.24) is 10.2 Å². The molecule has 0 aromatic heterocycles. The van der Waals surface area contributed by atoms with Crippen LogP contribution in [0.2, 0.25) is 0 Å². The fourth-order valence-corrected chi connectivity index (χ4v) is 3.72. The molecule has 2 saturated carbocycles. The van der Waals surface area contributed by atoms with Crippen molar-refractivity contribution in [3.63, 3.8) is 0 Å². The maximum absolute atomic E-state index is 3.66. The van der Waals surface area contributed by atoms with Crippen LogP contribution in [0.1, 0.15) is 31.2 Å². The lowest BCUT2D eigenvalue weighted by atomic mass is 10.1. The van der Waals surface area contributed by atoms with Crippen molar-refractivity contribution in [2.45, 2.75) is 44.3 Å². The number of anilines is 1. The standard InChI is InChI=1S/C17H24BrN3/c18-14-1-6-17(13(11-14)12-19-15-2-3-15)21-9-7-20(8-10-21)16-4-5-16/h1,6,11,15-16,19H,2-5,7-10,12H2. The first-order valence-electron chi connectivity index (χ1n) is 8.30. The van der Waals surface area contributed by atoms with Crippen molar-refractivity contribution < 1.29 is 0 Å². The number of nitrogens with zero attached hydrogens (tertiary/aromatic N) is 2. The van der Waals surface area contributed by atoms with Crippen molar-refractivity contribution >= 4 is 21.6 Å². The van der Waals surface area contributed by atoms with E-state index in [9.17, 15) is 0 Å². The van der Waals surface area contributed by atoms with Crippen LogP contribution in [0.3, 0.4) is 0 Å². The van der Waals surface area contributed by atoms with Crippen molar-refractivity contribution in [2.75, 3.05) is 31.1 Å². The average molecular weight is 350 g/mol. The van der Waals surface area contributed by atoms with Crippen LogP contribution in [0.25, 0.3) is 0 Å². The minimum absolute atomic E-state index is 0.767. The summed E-state index contributed by atoms with van der Waals surface area (Å²) in [7, 11) is 0. The quantitative estimate of drug-likeness (QED) is 0.881. The topological polar surface area (TPSA) is 18.5 Å². The largest absolute Gasteiger partial charge is 0.369 e. The third-order valence-electron chi connectivity index (χ3n) is 4.92. The van der Waals surface area contributed by atoms with Gasteiger partial charge in [-0.25, -0.2) is 0 Å². The van der Waals surface area contributed by atoms with Crippen molar-refractivity contribution in [2.24, 2.45) is 0 Å². The summed E-state index contributed by atoms with van der Waals surface area (Å²) in [5.74, 6) is 0. The minimum Gasteiger partial charge on any atom is -0.369 e. The second-order valence-electron chi connectivity index (χ2n) is 6.68. The van der Waals surface area contributed by atoms with Crippen molar-refractivity contribution in [3.05, 3.63) is 28.2 Å². The van der Waals surface area contributed by atoms with E-state index in [1.807, 2.05) is 0 Å². The van der Waals surface area contributed by atoms with Gasteiger partial charge in [0, 0.05) is 55.0 Å². The molecule has 0 amide bonds. The van der Waals surface area contributed by atoms with Gasteiger partial charge in [0.1, 0.15) is 0 Å². The van der Waals surface area contributed by atoms with Crippen molar-refractivity contribution in [1.29, 1.82) is 0 Å². The lowest BCUT2D eigenvalue weighted by molar-refractivity contribution is 0.248. The molecule has 1 N–H and O–H groups in total. The maximum atomic E-state index is 3.66. The molecule has 1 saturated heterocycles. The SMILES string of the molecule is Brc1ccc(N2CCN(C3CC3)CC2)c(CNC2CC2)c1. The van der Waals surface area contributed by atoms with Crippen LogP contribution in [0, 0.1) is 0 Å². The smallest absolute Gasteiger partial charge is 0.0413 e. The summed E-state index contributed by atoms with van der Waals surface area (Å²) in [5.41, 5.74) is 2.87. The Bertz CT molecular complexity index is 503. The zero-order valence-electron chi connectivity index (χ0n) is 12.5. The fraction of sp³-hybridized carbons (Fsp3) is 0.647. The van der Waals surface area contributed by atoms with Gasteiger partial charge in [-0.3, -0.25) is 4.90 Å². The molecule has 0 unspecified atom stereocenters. The van der Waals surface area contributed by atoms with Gasteiger partial charge in [0.25, 0.3) is 0 Å². The van der Waals surface area contributed by atoms with E-state index < -0.39 is 0 Å². The Morgan fingerprint density at radius 1 is 1.05 bits per heavy atom. The van der Waals surface area contributed by atoms with E-state index >= 15 is 0 Å². The fourth-order valence-electron chi connectivity index (χ4n) is 3.31. The second-order valence-corrected chi connectivity index (χ2v) is 7.60. The minimum atomic E-state index is 0.767. The molecule has 4 heteroatoms. The summed E-state index contributed by atoms with van der Waals surface area (Å²) < 4.78 is 1.19. The molecule has 0 bridgehead atoms. The van der Waals surface area contributed by atoms with Crippen LogP contribution in [-0.4, -0.2) is 43.2 Å². The van der Waals surface area contributed by atoms with E-state index in [2.05, 4.69) is 49.2 Å². The van der Waals surface area contributed by atoms with Gasteiger partial charge in [-0.15, -0.1) is 0 Å². The summed E-state index contributed by atoms with van der Waals surface area (Å²) in [6.45, 7) is 5.82. The maximum Gasteiger partial charge on any atom is 0.0413 e. The molecule has 0 atom stereocenters. The molecule has 1 aromatic carbocycles. The summed E-state index contributed by atoms with van der Waals surface area (Å²) in [6.07, 6.45) is 5.55. The van der Waals surface area contributed by atoms with E-state index in [-0.39, 0.29) is 0 Å². The number of benzene rings is 1. The van der Waals surface area contributed by atoms with Gasteiger partial charge >= 0.3 is 0 Å². The van der Waals surface area contributed by atoms with E-state index in [0.717, 1.165) is 18.6 Å². The highest BCUT2D eigenvalue weighted by Gasteiger charge is 2.31. The number of halogens is 1. The molecule has 114 valence electrons. The first-order valence-corrected chi connectivity index (χ1v) is 9.10. The summed E-state index contributed by atoms with van der Waals surface area (Å²) in [5, 5.41) is 3.66. The third kappa shape index (κ3) is 3.43. The Hall–Kier alpha value is -0.580. The predicted octanol–water partition coefficient (Wildman–Crippen LogP) is 2.99. The summed E-state index contributed by atoms with van der Waals surface area (Å²) in [4.78, 5) is 5.26. The normalized spacial score (nSPS) is 23.6. The number of rotatable bonds is 5. The molecule has 4 rings (SSSR count). The highest BCUT2D eigenvalue weighted by atomic mass is 79.9. The first kappa shape index (κ1) is 14.0. The zero-order chi connectivity index (χ0) is 14.2. The van der Waals surface area contributed by atoms with Crippen molar-refractivity contribution in [3.8, 4) is 0 Å². The van der Waals surface area contributed by atoms with Crippen LogP contribution in [0.5, 0.6) is 0 Å². The predicted molar refractivity (Wildman–Crippen MR) is 90.8 cm³/mol. The molecule has 1 aromatic rings. The summed E-state index contributed by atoms with van der Waals surface area (Å²) in [6, 6.07) is 8.44. The molecule has 3 aliphatic rings. The zero-order valence-corrected chi connectivity index (χ0v) is 14.1. The van der Waals surface area contributed by atoms with E-state index in [4.69, 9.17) is 0 Å². The molecule has 0 spiro atoms. The van der Waals surface area contributed by atoms with E-state index in [1.165, 1.54) is 67.6 Å². The van der Waals surface area contributed by atoms with Crippen LogP contribution >= 0.6 is 15.9 Å². The van der Waals surface area contributed by atoms with E-state index in [1.54, 1.807) is 0 Å². The van der Waals surface area contributed by atoms with Gasteiger partial charge in [-0.05, 0) is 49.4 Å². The Labute approximate surface area is 135 Å². The Balaban J connectivity index is 1.45. The molecule has 21 heavy (non-hydrogen) atoms. The van der Waals surface area contributed by atoms with Gasteiger partial charge in [0.15, 0.2) is 0 Å². The number of hydrogen-bond acceptors (Lipinski definition) is 3. The van der Waals surface area contributed by atoms with Crippen LogP contribution < -0.4 is 10.2 Å². The van der Waals surface area contributed by atoms with Gasteiger partial charge in [0.2, 0.25) is 0 Å². The first-order chi connectivity index (χ1) is 10.3. The molecule has 0 radical (unpaired) electrons. The Kier molecular flexibility index (Phi) is 3.94. The van der Waals surface area contributed by atoms with E-state index in [0.29, 0.717) is 0 Å². The number of nitrogens with one attached hydrogen (secondary N) is 1. The molecular weight excluding hydrogens is 326 g/mol. The van der Waals surface area contributed by atoms with Gasteiger partial charge < -0.3 is 10.2 Å². The average Bonchev–Trinajstić information content (AvgIpc) is 3.39. The highest BCUT2D eigenvalue weighted by molar-refractivity contribution is 9.10. The molecule has 3 fully saturated rings. The van der Waals surface area contributed by atoms with Crippen LogP contribution in [0.4, 0.5) is 5.69 Å². The molecule has 1 aliphatic heterocycles. The Morgan fingerprint density at radius 3 is 2.48 bits per heavy atom. The van der Waals surface area contributed by atoms with Gasteiger partial charge in [-0.1, -0.05) is 15.9 Å². The highest BCUT2D eigenvalue weighted by Crippen LogP contribution is 2.31. The summed E-state index contributed by atoms with van der Waals surface area (Å²) >= 11 is 3.63. The molecule has 2 aliphatic carbocycles. The number of hydrogen-bond donors (Lipinski definition) is 1. The third-order valence-corrected chi connectivity index (χ3v) is 5.41. The van der Waals surface area contributed by atoms with Crippen LogP contribution in [-0.2, 0) is 6.54 Å².